The van der Waals surface area contributed by atoms with Crippen LogP contribution in [0.1, 0.15) is 25.5 Å². The predicted molar refractivity (Wildman–Crippen MR) is 53.2 cm³/mol. The molecule has 0 amide bonds. The van der Waals surface area contributed by atoms with Gasteiger partial charge < -0.3 is 5.73 Å². The third-order valence-electron chi connectivity index (χ3n) is 1.97. The average Bonchev–Trinajstić information content (AvgIpc) is 2.04. The Morgan fingerprint density at radius 1 is 1.17 bits per heavy atom. The van der Waals surface area contributed by atoms with Crippen molar-refractivity contribution in [1.29, 1.82) is 0 Å². The third-order valence-corrected chi connectivity index (χ3v) is 2.23. The second kappa shape index (κ2) is 3.92. The molecule has 0 unspecified atom stereocenters. The molecule has 0 aromatic heterocycles. The molecule has 1 nitrogen and oxygen atoms in total. The lowest BCUT2D eigenvalue weighted by molar-refractivity contribution is 0.514. The maximum Gasteiger partial charge on any atom is 0.0406 e. The lowest BCUT2D eigenvalue weighted by Gasteiger charge is -2.15. The van der Waals surface area contributed by atoms with Crippen molar-refractivity contribution in [2.45, 2.75) is 19.9 Å². The van der Waals surface area contributed by atoms with Crippen LogP contribution in [-0.4, -0.2) is 0 Å². The van der Waals surface area contributed by atoms with Gasteiger partial charge in [-0.3, -0.25) is 0 Å². The van der Waals surface area contributed by atoms with E-state index in [9.17, 15) is 0 Å². The summed E-state index contributed by atoms with van der Waals surface area (Å²) in [5.74, 6) is 0.464. The lowest BCUT2D eigenvalue weighted by atomic mass is 9.97. The van der Waals surface area contributed by atoms with E-state index in [2.05, 4.69) is 13.8 Å². The van der Waals surface area contributed by atoms with Crippen LogP contribution in [-0.2, 0) is 0 Å². The van der Waals surface area contributed by atoms with E-state index >= 15 is 0 Å². The maximum atomic E-state index is 5.94. The fourth-order valence-corrected chi connectivity index (χ4v) is 1.20. The quantitative estimate of drug-likeness (QED) is 0.750. The van der Waals surface area contributed by atoms with Crippen LogP contribution in [0.15, 0.2) is 24.3 Å². The summed E-state index contributed by atoms with van der Waals surface area (Å²) in [4.78, 5) is 0. The van der Waals surface area contributed by atoms with E-state index in [0.717, 1.165) is 10.6 Å². The van der Waals surface area contributed by atoms with Crippen LogP contribution in [0.3, 0.4) is 0 Å². The number of hydrogen-bond donors (Lipinski definition) is 1. The Labute approximate surface area is 78.5 Å². The molecular weight excluding hydrogens is 170 g/mol. The van der Waals surface area contributed by atoms with E-state index in [0.29, 0.717) is 5.92 Å². The van der Waals surface area contributed by atoms with Crippen molar-refractivity contribution in [2.24, 2.45) is 11.7 Å². The highest BCUT2D eigenvalue weighted by atomic mass is 35.5. The molecule has 0 aliphatic heterocycles. The average molecular weight is 184 g/mol. The third kappa shape index (κ3) is 2.23. The topological polar surface area (TPSA) is 26.0 Å². The number of halogens is 1. The molecule has 1 aromatic carbocycles. The minimum absolute atomic E-state index is 0.113. The van der Waals surface area contributed by atoms with Crippen LogP contribution >= 0.6 is 11.6 Å². The summed E-state index contributed by atoms with van der Waals surface area (Å²) in [5, 5.41) is 0.759. The van der Waals surface area contributed by atoms with Crippen molar-refractivity contribution in [3.63, 3.8) is 0 Å². The van der Waals surface area contributed by atoms with Crippen LogP contribution in [0, 0.1) is 5.92 Å². The Morgan fingerprint density at radius 3 is 2.08 bits per heavy atom. The number of rotatable bonds is 2. The van der Waals surface area contributed by atoms with Crippen molar-refractivity contribution in [2.75, 3.05) is 0 Å². The van der Waals surface area contributed by atoms with E-state index in [1.54, 1.807) is 0 Å². The Kier molecular flexibility index (Phi) is 3.12. The first-order valence-corrected chi connectivity index (χ1v) is 4.50. The predicted octanol–water partition coefficient (Wildman–Crippen LogP) is 3.00. The van der Waals surface area contributed by atoms with Gasteiger partial charge in [-0.15, -0.1) is 0 Å². The van der Waals surface area contributed by atoms with E-state index in [4.69, 9.17) is 17.3 Å². The SMILES string of the molecule is CC(C)[C@@H](N)c1ccc(Cl)cc1. The van der Waals surface area contributed by atoms with Gasteiger partial charge in [0.25, 0.3) is 0 Å². The molecule has 0 bridgehead atoms. The monoisotopic (exact) mass is 183 g/mol. The lowest BCUT2D eigenvalue weighted by Crippen LogP contribution is -2.16. The second-order valence-electron chi connectivity index (χ2n) is 3.32. The first-order valence-electron chi connectivity index (χ1n) is 4.12. The second-order valence-corrected chi connectivity index (χ2v) is 3.76. The molecule has 0 radical (unpaired) electrons. The minimum atomic E-state index is 0.113. The van der Waals surface area contributed by atoms with Crippen LogP contribution < -0.4 is 5.73 Å². The van der Waals surface area contributed by atoms with Crippen molar-refractivity contribution in [1.82, 2.24) is 0 Å². The highest BCUT2D eigenvalue weighted by molar-refractivity contribution is 6.30. The summed E-state index contributed by atoms with van der Waals surface area (Å²) < 4.78 is 0. The molecule has 0 spiro atoms. The van der Waals surface area contributed by atoms with Crippen molar-refractivity contribution in [3.05, 3.63) is 34.9 Å². The van der Waals surface area contributed by atoms with Crippen molar-refractivity contribution < 1.29 is 0 Å². The maximum absolute atomic E-state index is 5.94. The Hall–Kier alpha value is -0.530. The van der Waals surface area contributed by atoms with Crippen molar-refractivity contribution >= 4 is 11.6 Å². The summed E-state index contributed by atoms with van der Waals surface area (Å²) >= 11 is 5.76. The normalized spacial score (nSPS) is 13.4. The van der Waals surface area contributed by atoms with Gasteiger partial charge in [0.2, 0.25) is 0 Å². The van der Waals surface area contributed by atoms with Crippen LogP contribution in [0.4, 0.5) is 0 Å². The Balaban J connectivity index is 2.82. The van der Waals surface area contributed by atoms with E-state index in [-0.39, 0.29) is 6.04 Å². The molecular formula is C10H14ClN. The zero-order valence-corrected chi connectivity index (χ0v) is 8.18. The molecule has 2 N–H and O–H groups in total. The molecule has 1 rings (SSSR count). The fraction of sp³-hybridized carbons (Fsp3) is 0.400. The molecule has 0 aliphatic carbocycles. The summed E-state index contributed by atoms with van der Waals surface area (Å²) in [6, 6.07) is 7.82. The number of benzene rings is 1. The van der Waals surface area contributed by atoms with E-state index < -0.39 is 0 Å². The zero-order chi connectivity index (χ0) is 9.14. The van der Waals surface area contributed by atoms with E-state index in [1.165, 1.54) is 0 Å². The molecule has 0 saturated heterocycles. The van der Waals surface area contributed by atoms with Crippen LogP contribution in [0.2, 0.25) is 5.02 Å². The van der Waals surface area contributed by atoms with Crippen LogP contribution in [0.5, 0.6) is 0 Å². The van der Waals surface area contributed by atoms with Gasteiger partial charge in [-0.2, -0.15) is 0 Å². The number of nitrogens with two attached hydrogens (primary N) is 1. The summed E-state index contributed by atoms with van der Waals surface area (Å²) in [6.07, 6.45) is 0. The molecule has 0 saturated carbocycles. The minimum Gasteiger partial charge on any atom is -0.324 e. The highest BCUT2D eigenvalue weighted by Crippen LogP contribution is 2.20. The van der Waals surface area contributed by atoms with E-state index in [1.807, 2.05) is 24.3 Å². The number of hydrogen-bond acceptors (Lipinski definition) is 1. The fourth-order valence-electron chi connectivity index (χ4n) is 1.07. The van der Waals surface area contributed by atoms with Crippen LogP contribution in [0.25, 0.3) is 0 Å². The smallest absolute Gasteiger partial charge is 0.0406 e. The van der Waals surface area contributed by atoms with Gasteiger partial charge in [-0.25, -0.2) is 0 Å². The molecule has 1 atom stereocenters. The highest BCUT2D eigenvalue weighted by Gasteiger charge is 2.09. The largest absolute Gasteiger partial charge is 0.324 e. The van der Waals surface area contributed by atoms with Crippen molar-refractivity contribution in [3.8, 4) is 0 Å². The molecule has 0 fully saturated rings. The summed E-state index contributed by atoms with van der Waals surface area (Å²) in [6.45, 7) is 4.22. The van der Waals surface area contributed by atoms with Gasteiger partial charge in [-0.1, -0.05) is 37.6 Å². The van der Waals surface area contributed by atoms with Gasteiger partial charge >= 0.3 is 0 Å². The molecule has 66 valence electrons. The molecule has 0 heterocycles. The molecule has 1 aromatic rings. The Morgan fingerprint density at radius 2 is 1.67 bits per heavy atom. The van der Waals surface area contributed by atoms with Gasteiger partial charge in [0.15, 0.2) is 0 Å². The summed E-state index contributed by atoms with van der Waals surface area (Å²) in [5.41, 5.74) is 7.09. The molecule has 2 heteroatoms. The van der Waals surface area contributed by atoms with Gasteiger partial charge in [0, 0.05) is 11.1 Å². The van der Waals surface area contributed by atoms with Gasteiger partial charge in [0.05, 0.1) is 0 Å². The van der Waals surface area contributed by atoms with Gasteiger partial charge in [-0.05, 0) is 23.6 Å². The molecule has 0 aliphatic rings. The first kappa shape index (κ1) is 9.56. The van der Waals surface area contributed by atoms with Gasteiger partial charge in [0.1, 0.15) is 0 Å². The zero-order valence-electron chi connectivity index (χ0n) is 7.42. The first-order chi connectivity index (χ1) is 5.61. The standard InChI is InChI=1S/C10H14ClN/c1-7(2)10(12)8-3-5-9(11)6-4-8/h3-7,10H,12H2,1-2H3/t10-/m1/s1. The summed E-state index contributed by atoms with van der Waals surface area (Å²) in [7, 11) is 0. The molecule has 12 heavy (non-hydrogen) atoms. The Bertz CT molecular complexity index is 241.